The second-order valence-corrected chi connectivity index (χ2v) is 6.50. The van der Waals surface area contributed by atoms with Gasteiger partial charge < -0.3 is 9.30 Å². The summed E-state index contributed by atoms with van der Waals surface area (Å²) >= 11 is 1.30. The number of ether oxygens (including phenoxy) is 1. The van der Waals surface area contributed by atoms with Crippen molar-refractivity contribution < 1.29 is 9.53 Å². The van der Waals surface area contributed by atoms with Crippen LogP contribution in [0.25, 0.3) is 11.4 Å². The molecule has 0 aliphatic rings. The minimum atomic E-state index is -0.226. The average molecular weight is 381 g/mol. The Morgan fingerprint density at radius 3 is 2.70 bits per heavy atom. The van der Waals surface area contributed by atoms with E-state index in [2.05, 4.69) is 20.7 Å². The van der Waals surface area contributed by atoms with Crippen LogP contribution in [0.1, 0.15) is 5.56 Å². The van der Waals surface area contributed by atoms with Gasteiger partial charge in [0, 0.05) is 18.2 Å². The highest BCUT2D eigenvalue weighted by Crippen LogP contribution is 2.22. The summed E-state index contributed by atoms with van der Waals surface area (Å²) in [7, 11) is 3.47. The van der Waals surface area contributed by atoms with E-state index in [1.165, 1.54) is 11.8 Å². The fourth-order valence-corrected chi connectivity index (χ4v) is 3.09. The van der Waals surface area contributed by atoms with Crippen LogP contribution in [0.15, 0.2) is 64.9 Å². The van der Waals surface area contributed by atoms with Crippen LogP contribution in [-0.2, 0) is 11.8 Å². The molecule has 138 valence electrons. The third-order valence-corrected chi connectivity index (χ3v) is 4.75. The number of carbonyl (C=O) groups is 1. The molecular weight excluding hydrogens is 362 g/mol. The zero-order valence-corrected chi connectivity index (χ0v) is 15.8. The molecular formula is C19H19N5O2S. The second kappa shape index (κ2) is 9.00. The third kappa shape index (κ3) is 4.73. The summed E-state index contributed by atoms with van der Waals surface area (Å²) in [4.78, 5) is 12.0. The lowest BCUT2D eigenvalue weighted by Gasteiger charge is -2.04. The summed E-state index contributed by atoms with van der Waals surface area (Å²) in [6.07, 6.45) is 1.55. The van der Waals surface area contributed by atoms with Crippen LogP contribution >= 0.6 is 11.8 Å². The molecule has 0 radical (unpaired) electrons. The molecule has 3 rings (SSSR count). The van der Waals surface area contributed by atoms with Gasteiger partial charge in [-0.2, -0.15) is 5.10 Å². The number of para-hydroxylation sites is 1. The molecule has 0 aliphatic heterocycles. The first-order valence-electron chi connectivity index (χ1n) is 8.21. The molecule has 27 heavy (non-hydrogen) atoms. The summed E-state index contributed by atoms with van der Waals surface area (Å²) in [5.41, 5.74) is 4.27. The first-order valence-corrected chi connectivity index (χ1v) is 9.20. The van der Waals surface area contributed by atoms with E-state index in [0.717, 1.165) is 17.0 Å². The molecule has 1 N–H and O–H groups in total. The van der Waals surface area contributed by atoms with Crippen LogP contribution in [-0.4, -0.2) is 39.7 Å². The number of thioether (sulfide) groups is 1. The minimum absolute atomic E-state index is 0.185. The lowest BCUT2D eigenvalue weighted by molar-refractivity contribution is -0.118. The van der Waals surface area contributed by atoms with E-state index in [1.54, 1.807) is 13.3 Å². The monoisotopic (exact) mass is 381 g/mol. The Morgan fingerprint density at radius 1 is 1.19 bits per heavy atom. The maximum Gasteiger partial charge on any atom is 0.250 e. The number of carbonyl (C=O) groups excluding carboxylic acids is 1. The third-order valence-electron chi connectivity index (χ3n) is 3.73. The van der Waals surface area contributed by atoms with Crippen LogP contribution in [0.2, 0.25) is 0 Å². The Balaban J connectivity index is 1.55. The van der Waals surface area contributed by atoms with Gasteiger partial charge in [-0.15, -0.1) is 10.2 Å². The van der Waals surface area contributed by atoms with Gasteiger partial charge in [-0.1, -0.05) is 54.2 Å². The van der Waals surface area contributed by atoms with E-state index in [4.69, 9.17) is 4.74 Å². The van der Waals surface area contributed by atoms with Gasteiger partial charge in [-0.3, -0.25) is 4.79 Å². The van der Waals surface area contributed by atoms with Crippen molar-refractivity contribution in [2.24, 2.45) is 12.1 Å². The maximum atomic E-state index is 12.0. The van der Waals surface area contributed by atoms with Gasteiger partial charge >= 0.3 is 0 Å². The second-order valence-electron chi connectivity index (χ2n) is 5.56. The van der Waals surface area contributed by atoms with Gasteiger partial charge in [0.25, 0.3) is 5.91 Å². The fraction of sp³-hybridized carbons (Fsp3) is 0.158. The van der Waals surface area contributed by atoms with E-state index in [0.29, 0.717) is 10.9 Å². The highest BCUT2D eigenvalue weighted by Gasteiger charge is 2.12. The van der Waals surface area contributed by atoms with Crippen LogP contribution in [0.5, 0.6) is 5.75 Å². The number of nitrogens with one attached hydrogen (secondary N) is 1. The van der Waals surface area contributed by atoms with Crippen molar-refractivity contribution in [3.05, 3.63) is 60.2 Å². The number of benzene rings is 2. The lowest BCUT2D eigenvalue weighted by Crippen LogP contribution is -2.20. The number of methoxy groups -OCH3 is 1. The summed E-state index contributed by atoms with van der Waals surface area (Å²) < 4.78 is 7.10. The van der Waals surface area contributed by atoms with Gasteiger partial charge in [0.05, 0.1) is 19.1 Å². The number of hydrogen-bond acceptors (Lipinski definition) is 6. The standard InChI is InChI=1S/C19H19N5O2S/c1-24-18(14-8-4-3-5-9-14)22-23-19(24)27-13-17(25)21-20-12-15-10-6-7-11-16(15)26-2/h3-12H,13H2,1-2H3,(H,21,25)/b20-12-. The summed E-state index contributed by atoms with van der Waals surface area (Å²) in [5.74, 6) is 1.41. The van der Waals surface area contributed by atoms with Gasteiger partial charge in [0.15, 0.2) is 11.0 Å². The molecule has 1 aromatic heterocycles. The quantitative estimate of drug-likeness (QED) is 0.387. The number of rotatable bonds is 7. The Bertz CT molecular complexity index is 940. The van der Waals surface area contributed by atoms with Gasteiger partial charge in [-0.25, -0.2) is 5.43 Å². The van der Waals surface area contributed by atoms with E-state index in [-0.39, 0.29) is 11.7 Å². The van der Waals surface area contributed by atoms with Crippen LogP contribution in [0, 0.1) is 0 Å². The van der Waals surface area contributed by atoms with Crippen LogP contribution in [0.3, 0.4) is 0 Å². The molecule has 0 saturated heterocycles. The Hall–Kier alpha value is -3.13. The molecule has 7 nitrogen and oxygen atoms in total. The molecule has 2 aromatic carbocycles. The average Bonchev–Trinajstić information content (AvgIpc) is 3.08. The first-order chi connectivity index (χ1) is 13.2. The van der Waals surface area contributed by atoms with Crippen molar-refractivity contribution in [1.29, 1.82) is 0 Å². The van der Waals surface area contributed by atoms with E-state index >= 15 is 0 Å². The predicted molar refractivity (Wildman–Crippen MR) is 106 cm³/mol. The molecule has 0 atom stereocenters. The fourth-order valence-electron chi connectivity index (χ4n) is 2.39. The Kier molecular flexibility index (Phi) is 6.22. The van der Waals surface area contributed by atoms with Crippen molar-refractivity contribution >= 4 is 23.9 Å². The van der Waals surface area contributed by atoms with E-state index in [9.17, 15) is 4.79 Å². The minimum Gasteiger partial charge on any atom is -0.496 e. The topological polar surface area (TPSA) is 81.4 Å². The van der Waals surface area contributed by atoms with Gasteiger partial charge in [0.2, 0.25) is 0 Å². The number of aromatic nitrogens is 3. The van der Waals surface area contributed by atoms with E-state index < -0.39 is 0 Å². The lowest BCUT2D eigenvalue weighted by atomic mass is 10.2. The number of hydrazone groups is 1. The number of nitrogens with zero attached hydrogens (tertiary/aromatic N) is 4. The molecule has 0 bridgehead atoms. The molecule has 8 heteroatoms. The first kappa shape index (κ1) is 18.7. The molecule has 0 spiro atoms. The molecule has 0 aliphatic carbocycles. The predicted octanol–water partition coefficient (Wildman–Crippen LogP) is 2.73. The SMILES string of the molecule is COc1ccccc1/C=N\NC(=O)CSc1nnc(-c2ccccc2)n1C. The smallest absolute Gasteiger partial charge is 0.250 e. The van der Waals surface area contributed by atoms with Crippen molar-refractivity contribution in [3.63, 3.8) is 0 Å². The van der Waals surface area contributed by atoms with Crippen molar-refractivity contribution in [2.45, 2.75) is 5.16 Å². The molecule has 1 heterocycles. The summed E-state index contributed by atoms with van der Waals surface area (Å²) in [5, 5.41) is 13.0. The highest BCUT2D eigenvalue weighted by atomic mass is 32.2. The maximum absolute atomic E-state index is 12.0. The van der Waals surface area contributed by atoms with Crippen molar-refractivity contribution in [2.75, 3.05) is 12.9 Å². The van der Waals surface area contributed by atoms with E-state index in [1.807, 2.05) is 66.2 Å². The van der Waals surface area contributed by atoms with Crippen molar-refractivity contribution in [3.8, 4) is 17.1 Å². The molecule has 1 amide bonds. The molecule has 0 saturated carbocycles. The largest absolute Gasteiger partial charge is 0.496 e. The molecule has 0 fully saturated rings. The highest BCUT2D eigenvalue weighted by molar-refractivity contribution is 7.99. The van der Waals surface area contributed by atoms with Crippen molar-refractivity contribution in [1.82, 2.24) is 20.2 Å². The summed E-state index contributed by atoms with van der Waals surface area (Å²) in [6.45, 7) is 0. The van der Waals surface area contributed by atoms with Gasteiger partial charge in [0.1, 0.15) is 5.75 Å². The van der Waals surface area contributed by atoms with Gasteiger partial charge in [-0.05, 0) is 12.1 Å². The molecule has 0 unspecified atom stereocenters. The zero-order chi connectivity index (χ0) is 19.1. The zero-order valence-electron chi connectivity index (χ0n) is 15.0. The Labute approximate surface area is 161 Å². The Morgan fingerprint density at radius 2 is 1.93 bits per heavy atom. The van der Waals surface area contributed by atoms with Crippen LogP contribution < -0.4 is 10.2 Å². The summed E-state index contributed by atoms with van der Waals surface area (Å²) in [6, 6.07) is 17.2. The molecule has 3 aromatic rings. The number of amides is 1. The number of hydrogen-bond donors (Lipinski definition) is 1. The van der Waals surface area contributed by atoms with Crippen LogP contribution in [0.4, 0.5) is 0 Å². The normalized spacial score (nSPS) is 10.9.